The molecule has 3 amide bonds. The molecule has 1 aliphatic rings. The Kier molecular flexibility index (Phi) is 8.51. The number of carbonyl (C=O) groups excluding carboxylic acids is 2. The Morgan fingerprint density at radius 1 is 0.806 bits per heavy atom. The molecule has 1 unspecified atom stereocenters. The highest BCUT2D eigenvalue weighted by molar-refractivity contribution is 5.87. The van der Waals surface area contributed by atoms with Gasteiger partial charge in [-0.25, -0.2) is 4.79 Å². The number of hydrogen-bond donors (Lipinski definition) is 2. The molecule has 0 aliphatic carbocycles. The highest BCUT2D eigenvalue weighted by atomic mass is 16.2. The number of nitrogens with one attached hydrogen (secondary N) is 2. The molecule has 3 rings (SSSR count). The molecule has 0 radical (unpaired) electrons. The van der Waals surface area contributed by atoms with Gasteiger partial charge in [0.05, 0.1) is 6.04 Å². The van der Waals surface area contributed by atoms with Crippen LogP contribution in [0.15, 0.2) is 60.7 Å². The molecule has 2 aromatic carbocycles. The van der Waals surface area contributed by atoms with Crippen LogP contribution in [0.1, 0.15) is 63.1 Å². The van der Waals surface area contributed by atoms with Crippen molar-refractivity contribution in [2.24, 2.45) is 5.92 Å². The lowest BCUT2D eigenvalue weighted by molar-refractivity contribution is -0.123. The van der Waals surface area contributed by atoms with E-state index in [1.807, 2.05) is 65.6 Å². The molecule has 5 heteroatoms. The van der Waals surface area contributed by atoms with E-state index in [0.717, 1.165) is 49.9 Å². The van der Waals surface area contributed by atoms with Gasteiger partial charge >= 0.3 is 6.03 Å². The lowest BCUT2D eigenvalue weighted by Gasteiger charge is -2.28. The van der Waals surface area contributed by atoms with Crippen LogP contribution in [0, 0.1) is 5.92 Å². The average Bonchev–Trinajstić information content (AvgIpc) is 3.07. The largest absolute Gasteiger partial charge is 0.343 e. The van der Waals surface area contributed by atoms with E-state index in [-0.39, 0.29) is 23.9 Å². The van der Waals surface area contributed by atoms with E-state index < -0.39 is 6.04 Å². The Balaban J connectivity index is 1.76. The van der Waals surface area contributed by atoms with Crippen molar-refractivity contribution in [3.05, 3.63) is 71.8 Å². The van der Waals surface area contributed by atoms with Crippen LogP contribution in [0.4, 0.5) is 4.79 Å². The molecule has 2 aromatic rings. The topological polar surface area (TPSA) is 61.4 Å². The van der Waals surface area contributed by atoms with Gasteiger partial charge < -0.3 is 15.5 Å². The minimum absolute atomic E-state index is 0.126. The van der Waals surface area contributed by atoms with E-state index in [1.54, 1.807) is 0 Å². The molecule has 0 aromatic heterocycles. The Labute approximate surface area is 186 Å². The molecule has 1 aliphatic heterocycles. The van der Waals surface area contributed by atoms with Crippen LogP contribution < -0.4 is 10.6 Å². The SMILES string of the molecule is CC(C)CC(NC(=O)N1CCCCCC1)C(=O)NC(c1ccccc1)c1ccccc1. The summed E-state index contributed by atoms with van der Waals surface area (Å²) in [6, 6.07) is 19.0. The third-order valence-corrected chi connectivity index (χ3v) is 5.77. The average molecular weight is 422 g/mol. The second kappa shape index (κ2) is 11.5. The molecule has 1 fully saturated rings. The number of rotatable bonds is 7. The summed E-state index contributed by atoms with van der Waals surface area (Å²) in [6.45, 7) is 5.67. The molecule has 2 N–H and O–H groups in total. The Morgan fingerprint density at radius 3 is 1.81 bits per heavy atom. The lowest BCUT2D eigenvalue weighted by Crippen LogP contribution is -2.52. The number of amides is 3. The molecule has 1 saturated heterocycles. The molecule has 0 spiro atoms. The number of benzene rings is 2. The van der Waals surface area contributed by atoms with E-state index >= 15 is 0 Å². The molecular weight excluding hydrogens is 386 g/mol. The predicted octanol–water partition coefficient (Wildman–Crippen LogP) is 4.89. The first-order chi connectivity index (χ1) is 15.0. The minimum atomic E-state index is -0.564. The maximum Gasteiger partial charge on any atom is 0.318 e. The van der Waals surface area contributed by atoms with Crippen LogP contribution in [0.5, 0.6) is 0 Å². The molecule has 5 nitrogen and oxygen atoms in total. The number of nitrogens with zero attached hydrogens (tertiary/aromatic N) is 1. The van der Waals surface area contributed by atoms with Crippen LogP contribution in [-0.4, -0.2) is 36.0 Å². The van der Waals surface area contributed by atoms with Gasteiger partial charge in [0, 0.05) is 13.1 Å². The minimum Gasteiger partial charge on any atom is -0.343 e. The fraction of sp³-hybridized carbons (Fsp3) is 0.462. The number of likely N-dealkylation sites (tertiary alicyclic amines) is 1. The highest BCUT2D eigenvalue weighted by Gasteiger charge is 2.27. The zero-order chi connectivity index (χ0) is 22.1. The summed E-state index contributed by atoms with van der Waals surface area (Å²) >= 11 is 0. The molecule has 31 heavy (non-hydrogen) atoms. The molecule has 0 bridgehead atoms. The van der Waals surface area contributed by atoms with E-state index in [9.17, 15) is 9.59 Å². The van der Waals surface area contributed by atoms with Gasteiger partial charge in [-0.15, -0.1) is 0 Å². The predicted molar refractivity (Wildman–Crippen MR) is 125 cm³/mol. The summed E-state index contributed by atoms with van der Waals surface area (Å²) in [4.78, 5) is 28.1. The summed E-state index contributed by atoms with van der Waals surface area (Å²) < 4.78 is 0. The quantitative estimate of drug-likeness (QED) is 0.668. The van der Waals surface area contributed by atoms with Gasteiger partial charge in [-0.3, -0.25) is 4.79 Å². The third-order valence-electron chi connectivity index (χ3n) is 5.77. The number of hydrogen-bond acceptors (Lipinski definition) is 2. The van der Waals surface area contributed by atoms with Gasteiger partial charge in [0.1, 0.15) is 6.04 Å². The van der Waals surface area contributed by atoms with Crippen molar-refractivity contribution in [3.8, 4) is 0 Å². The van der Waals surface area contributed by atoms with Crippen LogP contribution >= 0.6 is 0 Å². The first kappa shape index (κ1) is 22.9. The summed E-state index contributed by atoms with van der Waals surface area (Å²) in [5.74, 6) is 0.140. The maximum atomic E-state index is 13.4. The third kappa shape index (κ3) is 6.84. The standard InChI is InChI=1S/C26H35N3O2/c1-20(2)19-23(27-26(31)29-17-11-3-4-12-18-29)25(30)28-24(21-13-7-5-8-14-21)22-15-9-6-10-16-22/h5-10,13-16,20,23-24H,3-4,11-12,17-19H2,1-2H3,(H,27,31)(H,28,30). The van der Waals surface area contributed by atoms with Gasteiger partial charge in [0.25, 0.3) is 0 Å². The molecule has 166 valence electrons. The van der Waals surface area contributed by atoms with E-state index in [0.29, 0.717) is 6.42 Å². The van der Waals surface area contributed by atoms with E-state index in [1.165, 1.54) is 0 Å². The highest BCUT2D eigenvalue weighted by Crippen LogP contribution is 2.22. The number of urea groups is 1. The van der Waals surface area contributed by atoms with Crippen LogP contribution in [0.2, 0.25) is 0 Å². The van der Waals surface area contributed by atoms with Crippen molar-refractivity contribution >= 4 is 11.9 Å². The van der Waals surface area contributed by atoms with Crippen LogP contribution in [0.25, 0.3) is 0 Å². The first-order valence-corrected chi connectivity index (χ1v) is 11.5. The Morgan fingerprint density at radius 2 is 1.32 bits per heavy atom. The summed E-state index contributed by atoms with van der Waals surface area (Å²) in [7, 11) is 0. The Bertz CT molecular complexity index is 776. The fourth-order valence-electron chi connectivity index (χ4n) is 4.11. The summed E-state index contributed by atoms with van der Waals surface area (Å²) in [6.07, 6.45) is 4.98. The van der Waals surface area contributed by atoms with Crippen LogP contribution in [-0.2, 0) is 4.79 Å². The van der Waals surface area contributed by atoms with Crippen molar-refractivity contribution in [3.63, 3.8) is 0 Å². The summed E-state index contributed by atoms with van der Waals surface area (Å²) in [5, 5.41) is 6.23. The van der Waals surface area contributed by atoms with E-state index in [4.69, 9.17) is 0 Å². The summed E-state index contributed by atoms with van der Waals surface area (Å²) in [5.41, 5.74) is 2.04. The second-order valence-electron chi connectivity index (χ2n) is 8.80. The van der Waals surface area contributed by atoms with Crippen LogP contribution in [0.3, 0.4) is 0 Å². The second-order valence-corrected chi connectivity index (χ2v) is 8.80. The van der Waals surface area contributed by atoms with Gasteiger partial charge in [-0.1, -0.05) is 87.4 Å². The molecule has 0 saturated carbocycles. The molecular formula is C26H35N3O2. The van der Waals surface area contributed by atoms with Gasteiger partial charge in [-0.2, -0.15) is 0 Å². The normalized spacial score (nSPS) is 15.4. The zero-order valence-electron chi connectivity index (χ0n) is 18.7. The number of carbonyl (C=O) groups is 2. The van der Waals surface area contributed by atoms with Gasteiger partial charge in [-0.05, 0) is 36.3 Å². The smallest absolute Gasteiger partial charge is 0.318 e. The fourth-order valence-corrected chi connectivity index (χ4v) is 4.11. The maximum absolute atomic E-state index is 13.4. The monoisotopic (exact) mass is 421 g/mol. The Hall–Kier alpha value is -2.82. The zero-order valence-corrected chi connectivity index (χ0v) is 18.7. The van der Waals surface area contributed by atoms with Gasteiger partial charge in [0.2, 0.25) is 5.91 Å². The van der Waals surface area contributed by atoms with Crippen molar-refractivity contribution in [2.45, 2.75) is 58.0 Å². The molecule has 1 atom stereocenters. The van der Waals surface area contributed by atoms with E-state index in [2.05, 4.69) is 24.5 Å². The van der Waals surface area contributed by atoms with Crippen molar-refractivity contribution in [1.29, 1.82) is 0 Å². The van der Waals surface area contributed by atoms with Crippen molar-refractivity contribution < 1.29 is 9.59 Å². The van der Waals surface area contributed by atoms with Crippen molar-refractivity contribution in [2.75, 3.05) is 13.1 Å². The lowest BCUT2D eigenvalue weighted by atomic mass is 9.97. The first-order valence-electron chi connectivity index (χ1n) is 11.5. The van der Waals surface area contributed by atoms with Gasteiger partial charge in [0.15, 0.2) is 0 Å². The molecule has 1 heterocycles. The van der Waals surface area contributed by atoms with Crippen molar-refractivity contribution in [1.82, 2.24) is 15.5 Å².